The summed E-state index contributed by atoms with van der Waals surface area (Å²) in [5.74, 6) is 0.561. The first-order valence-electron chi connectivity index (χ1n) is 11.0. The van der Waals surface area contributed by atoms with Crippen LogP contribution in [0.1, 0.15) is 64.2 Å². The van der Waals surface area contributed by atoms with E-state index in [-0.39, 0.29) is 24.0 Å². The highest BCUT2D eigenvalue weighted by Crippen LogP contribution is 2.29. The Morgan fingerprint density at radius 2 is 1.75 bits per heavy atom. The zero-order valence-electron chi connectivity index (χ0n) is 20.2. The molecular weight excluding hydrogens is 468 g/mol. The third-order valence-corrected chi connectivity index (χ3v) is 5.86. The van der Waals surface area contributed by atoms with Crippen molar-refractivity contribution in [1.82, 2.24) is 10.2 Å². The molecule has 1 atom stereocenters. The highest BCUT2D eigenvalue weighted by molar-refractivity contribution is 9.10. The molecule has 0 fully saturated rings. The van der Waals surface area contributed by atoms with Crippen LogP contribution in [-0.2, 0) is 16.1 Å². The van der Waals surface area contributed by atoms with Crippen molar-refractivity contribution in [3.63, 3.8) is 0 Å². The normalized spacial score (nSPS) is 12.4. The molecular formula is C26H35BrN2O3. The number of nitrogens with zero attached hydrogens (tertiary/aromatic N) is 1. The first kappa shape index (κ1) is 25.9. The molecule has 2 aromatic rings. The van der Waals surface area contributed by atoms with Gasteiger partial charge in [0, 0.05) is 12.1 Å². The number of aryl methyl sites for hydroxylation is 1. The number of hydrogen-bond donors (Lipinski definition) is 1. The average molecular weight is 503 g/mol. The van der Waals surface area contributed by atoms with E-state index < -0.39 is 6.04 Å². The molecule has 1 N–H and O–H groups in total. The van der Waals surface area contributed by atoms with Gasteiger partial charge in [0.15, 0.2) is 6.61 Å². The van der Waals surface area contributed by atoms with Gasteiger partial charge in [-0.3, -0.25) is 9.59 Å². The van der Waals surface area contributed by atoms with Gasteiger partial charge in [-0.2, -0.15) is 0 Å². The molecule has 0 heterocycles. The van der Waals surface area contributed by atoms with Crippen molar-refractivity contribution in [1.29, 1.82) is 0 Å². The number of hydrogen-bond acceptors (Lipinski definition) is 3. The Kier molecular flexibility index (Phi) is 8.90. The van der Waals surface area contributed by atoms with E-state index in [0.29, 0.717) is 18.2 Å². The van der Waals surface area contributed by atoms with Gasteiger partial charge in [0.05, 0.1) is 4.47 Å². The number of carbonyl (C=O) groups is 2. The van der Waals surface area contributed by atoms with Gasteiger partial charge < -0.3 is 15.0 Å². The highest BCUT2D eigenvalue weighted by atomic mass is 79.9. The molecule has 32 heavy (non-hydrogen) atoms. The van der Waals surface area contributed by atoms with Gasteiger partial charge in [-0.1, -0.05) is 44.2 Å². The van der Waals surface area contributed by atoms with Crippen LogP contribution in [0.15, 0.2) is 46.9 Å². The largest absolute Gasteiger partial charge is 0.483 e. The molecule has 0 saturated carbocycles. The van der Waals surface area contributed by atoms with E-state index in [1.165, 1.54) is 5.56 Å². The smallest absolute Gasteiger partial charge is 0.261 e. The maximum atomic E-state index is 13.2. The molecule has 2 amide bonds. The fourth-order valence-electron chi connectivity index (χ4n) is 3.24. The zero-order chi connectivity index (χ0) is 24.1. The summed E-state index contributed by atoms with van der Waals surface area (Å²) < 4.78 is 6.65. The van der Waals surface area contributed by atoms with E-state index >= 15 is 0 Å². The third kappa shape index (κ3) is 7.37. The lowest BCUT2D eigenvalue weighted by Crippen LogP contribution is -2.53. The summed E-state index contributed by atoms with van der Waals surface area (Å²) in [7, 11) is 0. The summed E-state index contributed by atoms with van der Waals surface area (Å²) in [5.41, 5.74) is 2.87. The molecule has 6 heteroatoms. The van der Waals surface area contributed by atoms with E-state index in [2.05, 4.69) is 35.1 Å². The van der Waals surface area contributed by atoms with Crippen LogP contribution in [0, 0.1) is 6.92 Å². The average Bonchev–Trinajstić information content (AvgIpc) is 2.70. The minimum atomic E-state index is -0.642. The topological polar surface area (TPSA) is 58.6 Å². The number of ether oxygens (including phenoxy) is 1. The maximum absolute atomic E-state index is 13.2. The third-order valence-electron chi connectivity index (χ3n) is 5.24. The summed E-state index contributed by atoms with van der Waals surface area (Å²) in [6.07, 6.45) is 0. The number of benzene rings is 2. The van der Waals surface area contributed by atoms with Crippen LogP contribution in [0.5, 0.6) is 5.75 Å². The van der Waals surface area contributed by atoms with Gasteiger partial charge >= 0.3 is 0 Å². The number of nitrogens with one attached hydrogen (secondary N) is 1. The van der Waals surface area contributed by atoms with E-state index in [4.69, 9.17) is 4.74 Å². The van der Waals surface area contributed by atoms with Crippen molar-refractivity contribution in [3.05, 3.63) is 63.6 Å². The Morgan fingerprint density at radius 3 is 2.31 bits per heavy atom. The first-order valence-corrected chi connectivity index (χ1v) is 11.8. The molecule has 5 nitrogen and oxygen atoms in total. The zero-order valence-corrected chi connectivity index (χ0v) is 21.7. The van der Waals surface area contributed by atoms with Gasteiger partial charge in [-0.05, 0) is 85.3 Å². The minimum absolute atomic E-state index is 0.154. The lowest BCUT2D eigenvalue weighted by atomic mass is 10.0. The van der Waals surface area contributed by atoms with Gasteiger partial charge in [0.1, 0.15) is 11.8 Å². The summed E-state index contributed by atoms with van der Waals surface area (Å²) in [5, 5.41) is 2.97. The molecule has 2 aromatic carbocycles. The van der Waals surface area contributed by atoms with Gasteiger partial charge in [-0.25, -0.2) is 0 Å². The van der Waals surface area contributed by atoms with Crippen molar-refractivity contribution in [2.75, 3.05) is 6.61 Å². The van der Waals surface area contributed by atoms with Crippen molar-refractivity contribution < 1.29 is 14.3 Å². The number of halogens is 1. The molecule has 0 aliphatic rings. The van der Waals surface area contributed by atoms with Gasteiger partial charge in [0.2, 0.25) is 5.91 Å². The van der Waals surface area contributed by atoms with Crippen molar-refractivity contribution in [2.45, 2.75) is 72.5 Å². The van der Waals surface area contributed by atoms with Crippen LogP contribution in [-0.4, -0.2) is 34.9 Å². The Balaban J connectivity index is 2.21. The quantitative estimate of drug-likeness (QED) is 0.511. The fraction of sp³-hybridized carbons (Fsp3) is 0.462. The SMILES string of the molecule is Cc1ccccc1CN(C(=O)COc1ccc(C(C)C)cc1Br)C(C)C(=O)NC(C)(C)C. The number of amides is 2. The predicted molar refractivity (Wildman–Crippen MR) is 133 cm³/mol. The lowest BCUT2D eigenvalue weighted by Gasteiger charge is -2.31. The lowest BCUT2D eigenvalue weighted by molar-refractivity contribution is -0.142. The van der Waals surface area contributed by atoms with Crippen molar-refractivity contribution in [3.8, 4) is 5.75 Å². The molecule has 0 aliphatic heterocycles. The monoisotopic (exact) mass is 502 g/mol. The van der Waals surface area contributed by atoms with Crippen molar-refractivity contribution >= 4 is 27.7 Å². The van der Waals surface area contributed by atoms with E-state index in [0.717, 1.165) is 15.6 Å². The second-order valence-electron chi connectivity index (χ2n) is 9.50. The summed E-state index contributed by atoms with van der Waals surface area (Å²) in [6.45, 7) is 14.0. The number of carbonyl (C=O) groups excluding carboxylic acids is 2. The molecule has 0 spiro atoms. The first-order chi connectivity index (χ1) is 14.9. The van der Waals surface area contributed by atoms with E-state index in [9.17, 15) is 9.59 Å². The molecule has 1 unspecified atom stereocenters. The second kappa shape index (κ2) is 11.0. The van der Waals surface area contributed by atoms with Crippen LogP contribution >= 0.6 is 15.9 Å². The Hall–Kier alpha value is -2.34. The molecule has 174 valence electrons. The van der Waals surface area contributed by atoms with E-state index in [1.54, 1.807) is 11.8 Å². The van der Waals surface area contributed by atoms with Crippen LogP contribution in [0.25, 0.3) is 0 Å². The molecule has 0 aliphatic carbocycles. The number of rotatable bonds is 8. The maximum Gasteiger partial charge on any atom is 0.261 e. The second-order valence-corrected chi connectivity index (χ2v) is 10.4. The predicted octanol–water partition coefficient (Wildman–Crippen LogP) is 5.59. The summed E-state index contributed by atoms with van der Waals surface area (Å²) in [4.78, 5) is 27.7. The van der Waals surface area contributed by atoms with Crippen LogP contribution < -0.4 is 10.1 Å². The van der Waals surface area contributed by atoms with Gasteiger partial charge in [0.25, 0.3) is 5.91 Å². The summed E-state index contributed by atoms with van der Waals surface area (Å²) >= 11 is 3.54. The molecule has 0 aromatic heterocycles. The highest BCUT2D eigenvalue weighted by Gasteiger charge is 2.29. The Morgan fingerprint density at radius 1 is 1.09 bits per heavy atom. The Bertz CT molecular complexity index is 950. The molecule has 0 saturated heterocycles. The van der Waals surface area contributed by atoms with Crippen molar-refractivity contribution in [2.24, 2.45) is 0 Å². The molecule has 0 bridgehead atoms. The summed E-state index contributed by atoms with van der Waals surface area (Å²) in [6, 6.07) is 13.1. The van der Waals surface area contributed by atoms with E-state index in [1.807, 2.05) is 70.2 Å². The standard InChI is InChI=1S/C26H35BrN2O3/c1-17(2)20-12-13-23(22(27)14-20)32-16-24(30)29(15-21-11-9-8-10-18(21)3)19(4)25(31)28-26(5,6)7/h8-14,17,19H,15-16H2,1-7H3,(H,28,31). The van der Waals surface area contributed by atoms with Crippen LogP contribution in [0.3, 0.4) is 0 Å². The fourth-order valence-corrected chi connectivity index (χ4v) is 3.75. The molecule has 0 radical (unpaired) electrons. The van der Waals surface area contributed by atoms with Crippen LogP contribution in [0.2, 0.25) is 0 Å². The van der Waals surface area contributed by atoms with Crippen LogP contribution in [0.4, 0.5) is 0 Å². The molecule has 2 rings (SSSR count). The Labute approximate surface area is 200 Å². The van der Waals surface area contributed by atoms with Gasteiger partial charge in [-0.15, -0.1) is 0 Å². The minimum Gasteiger partial charge on any atom is -0.483 e.